The number of carbonyl (C=O) groups is 2. The molecule has 1 fully saturated rings. The Labute approximate surface area is 176 Å². The number of H-pyrrole nitrogens is 1. The Morgan fingerprint density at radius 3 is 2.50 bits per heavy atom. The van der Waals surface area contributed by atoms with Crippen LogP contribution in [0.25, 0.3) is 0 Å². The average Bonchev–Trinajstić information content (AvgIpc) is 3.22. The molecule has 2 N–H and O–H groups in total. The standard InChI is InChI=1S/C23H28N4O3/c1-26(2)21(29)19-18-10-13-27(15-16(18)14-24-20(19)28)22(30)23(11-6-7-12-23)25-17-8-4-3-5-9-17/h3-5,8-9,14,25H,6-7,10-13,15H2,1-2H3,(H,24,28). The van der Waals surface area contributed by atoms with Crippen molar-refractivity contribution in [2.24, 2.45) is 0 Å². The molecule has 2 amide bonds. The number of pyridine rings is 1. The highest BCUT2D eigenvalue weighted by Crippen LogP contribution is 2.36. The molecule has 0 atom stereocenters. The van der Waals surface area contributed by atoms with Crippen LogP contribution in [0.3, 0.4) is 0 Å². The molecule has 1 aliphatic carbocycles. The van der Waals surface area contributed by atoms with Crippen LogP contribution in [-0.2, 0) is 17.8 Å². The summed E-state index contributed by atoms with van der Waals surface area (Å²) >= 11 is 0. The van der Waals surface area contributed by atoms with E-state index in [1.165, 1.54) is 4.90 Å². The van der Waals surface area contributed by atoms with E-state index in [2.05, 4.69) is 10.3 Å². The van der Waals surface area contributed by atoms with Gasteiger partial charge < -0.3 is 20.1 Å². The van der Waals surface area contributed by atoms with Gasteiger partial charge in [0.05, 0.1) is 0 Å². The zero-order valence-corrected chi connectivity index (χ0v) is 17.5. The first kappa shape index (κ1) is 20.2. The van der Waals surface area contributed by atoms with E-state index >= 15 is 0 Å². The van der Waals surface area contributed by atoms with Crippen molar-refractivity contribution in [1.82, 2.24) is 14.8 Å². The van der Waals surface area contributed by atoms with Gasteiger partial charge in [-0.15, -0.1) is 0 Å². The summed E-state index contributed by atoms with van der Waals surface area (Å²) in [4.78, 5) is 44.5. The van der Waals surface area contributed by atoms with Gasteiger partial charge in [0.15, 0.2) is 0 Å². The first-order chi connectivity index (χ1) is 14.4. The zero-order valence-electron chi connectivity index (χ0n) is 17.5. The molecule has 1 saturated carbocycles. The van der Waals surface area contributed by atoms with Gasteiger partial charge in [0.25, 0.3) is 11.5 Å². The Morgan fingerprint density at radius 1 is 1.13 bits per heavy atom. The lowest BCUT2D eigenvalue weighted by molar-refractivity contribution is -0.136. The molecular weight excluding hydrogens is 380 g/mol. The molecule has 2 heterocycles. The minimum absolute atomic E-state index is 0.0983. The molecule has 1 aromatic carbocycles. The van der Waals surface area contributed by atoms with Crippen LogP contribution in [0.4, 0.5) is 5.69 Å². The van der Waals surface area contributed by atoms with Crippen LogP contribution >= 0.6 is 0 Å². The van der Waals surface area contributed by atoms with Crippen LogP contribution in [-0.4, -0.2) is 52.8 Å². The van der Waals surface area contributed by atoms with Gasteiger partial charge in [0, 0.05) is 39.1 Å². The van der Waals surface area contributed by atoms with Gasteiger partial charge in [0.2, 0.25) is 5.91 Å². The van der Waals surface area contributed by atoms with Crippen LogP contribution in [0.2, 0.25) is 0 Å². The summed E-state index contributed by atoms with van der Waals surface area (Å²) in [6.45, 7) is 0.901. The number of nitrogens with one attached hydrogen (secondary N) is 2. The van der Waals surface area contributed by atoms with Crippen molar-refractivity contribution in [2.75, 3.05) is 26.0 Å². The molecule has 1 aromatic heterocycles. The second-order valence-electron chi connectivity index (χ2n) is 8.45. The quantitative estimate of drug-likeness (QED) is 0.814. The molecule has 2 aromatic rings. The van der Waals surface area contributed by atoms with E-state index in [0.717, 1.165) is 42.5 Å². The van der Waals surface area contributed by atoms with E-state index in [4.69, 9.17) is 0 Å². The number of anilines is 1. The molecule has 0 unspecified atom stereocenters. The third-order valence-corrected chi connectivity index (χ3v) is 6.22. The monoisotopic (exact) mass is 408 g/mol. The summed E-state index contributed by atoms with van der Waals surface area (Å²) in [5.74, 6) is -0.202. The van der Waals surface area contributed by atoms with Gasteiger partial charge in [-0.1, -0.05) is 31.0 Å². The Balaban J connectivity index is 1.61. The van der Waals surface area contributed by atoms with Crippen molar-refractivity contribution < 1.29 is 9.59 Å². The van der Waals surface area contributed by atoms with Crippen molar-refractivity contribution in [1.29, 1.82) is 0 Å². The van der Waals surface area contributed by atoms with Gasteiger partial charge in [-0.2, -0.15) is 0 Å². The van der Waals surface area contributed by atoms with Gasteiger partial charge in [-0.25, -0.2) is 0 Å². The number of aromatic nitrogens is 1. The van der Waals surface area contributed by atoms with Crippen molar-refractivity contribution in [3.05, 3.63) is 63.6 Å². The third kappa shape index (κ3) is 3.60. The number of amides is 2. The molecule has 4 rings (SSSR count). The molecule has 0 radical (unpaired) electrons. The van der Waals surface area contributed by atoms with Gasteiger partial charge in [-0.05, 0) is 42.5 Å². The number of fused-ring (bicyclic) bond motifs is 1. The fraction of sp³-hybridized carbons (Fsp3) is 0.435. The van der Waals surface area contributed by atoms with E-state index in [1.807, 2.05) is 35.2 Å². The Kier molecular flexibility index (Phi) is 5.37. The lowest BCUT2D eigenvalue weighted by Crippen LogP contribution is -2.53. The topological polar surface area (TPSA) is 85.5 Å². The van der Waals surface area contributed by atoms with Crippen LogP contribution < -0.4 is 10.9 Å². The number of aromatic amines is 1. The van der Waals surface area contributed by atoms with Crippen LogP contribution in [0, 0.1) is 0 Å². The summed E-state index contributed by atoms with van der Waals surface area (Å²) in [5, 5.41) is 3.52. The van der Waals surface area contributed by atoms with Crippen molar-refractivity contribution in [3.8, 4) is 0 Å². The highest BCUT2D eigenvalue weighted by Gasteiger charge is 2.44. The molecule has 30 heavy (non-hydrogen) atoms. The first-order valence-electron chi connectivity index (χ1n) is 10.5. The molecule has 158 valence electrons. The summed E-state index contributed by atoms with van der Waals surface area (Å²) < 4.78 is 0. The number of hydrogen-bond donors (Lipinski definition) is 2. The molecule has 0 bridgehead atoms. The number of rotatable bonds is 4. The fourth-order valence-corrected chi connectivity index (χ4v) is 4.66. The normalized spacial score (nSPS) is 17.3. The third-order valence-electron chi connectivity index (χ3n) is 6.22. The summed E-state index contributed by atoms with van der Waals surface area (Å²) in [6.07, 6.45) is 5.80. The van der Waals surface area contributed by atoms with Crippen molar-refractivity contribution >= 4 is 17.5 Å². The molecule has 0 saturated heterocycles. The highest BCUT2D eigenvalue weighted by molar-refractivity contribution is 5.95. The summed E-state index contributed by atoms with van der Waals surface area (Å²) in [6, 6.07) is 9.87. The minimum Gasteiger partial charge on any atom is -0.371 e. The van der Waals surface area contributed by atoms with E-state index < -0.39 is 5.54 Å². The maximum Gasteiger partial charge on any atom is 0.261 e. The lowest BCUT2D eigenvalue weighted by atomic mass is 9.91. The van der Waals surface area contributed by atoms with Gasteiger partial charge >= 0.3 is 0 Å². The zero-order chi connectivity index (χ0) is 21.3. The maximum atomic E-state index is 13.6. The summed E-state index contributed by atoms with van der Waals surface area (Å²) in [5.41, 5.74) is 1.79. The van der Waals surface area contributed by atoms with Crippen LogP contribution in [0.1, 0.15) is 47.2 Å². The van der Waals surface area contributed by atoms with Gasteiger partial charge in [-0.3, -0.25) is 14.4 Å². The predicted molar refractivity (Wildman–Crippen MR) is 115 cm³/mol. The number of nitrogens with zero attached hydrogens (tertiary/aromatic N) is 2. The number of hydrogen-bond acceptors (Lipinski definition) is 4. The second-order valence-corrected chi connectivity index (χ2v) is 8.45. The van der Waals surface area contributed by atoms with E-state index in [-0.39, 0.29) is 22.9 Å². The highest BCUT2D eigenvalue weighted by atomic mass is 16.2. The molecule has 7 heteroatoms. The minimum atomic E-state index is -0.594. The molecule has 7 nitrogen and oxygen atoms in total. The second kappa shape index (κ2) is 7.97. The number of para-hydroxylation sites is 1. The van der Waals surface area contributed by atoms with E-state index in [1.54, 1.807) is 20.3 Å². The Hall–Kier alpha value is -3.09. The molecule has 2 aliphatic rings. The number of benzene rings is 1. The Morgan fingerprint density at radius 2 is 1.83 bits per heavy atom. The SMILES string of the molecule is CN(C)C(=O)c1c2c(c[nH]c1=O)CN(C(=O)C1(Nc3ccccc3)CCCC1)CC2. The molecule has 1 aliphatic heterocycles. The van der Waals surface area contributed by atoms with Crippen molar-refractivity contribution in [3.63, 3.8) is 0 Å². The Bertz CT molecular complexity index is 1010. The molecular formula is C23H28N4O3. The molecule has 0 spiro atoms. The van der Waals surface area contributed by atoms with Crippen LogP contribution in [0.5, 0.6) is 0 Å². The van der Waals surface area contributed by atoms with Gasteiger partial charge in [0.1, 0.15) is 11.1 Å². The van der Waals surface area contributed by atoms with Crippen LogP contribution in [0.15, 0.2) is 41.3 Å². The fourth-order valence-electron chi connectivity index (χ4n) is 4.66. The number of carbonyl (C=O) groups excluding carboxylic acids is 2. The maximum absolute atomic E-state index is 13.6. The van der Waals surface area contributed by atoms with E-state index in [9.17, 15) is 14.4 Å². The smallest absolute Gasteiger partial charge is 0.261 e. The average molecular weight is 409 g/mol. The van der Waals surface area contributed by atoms with E-state index in [0.29, 0.717) is 19.5 Å². The van der Waals surface area contributed by atoms with Crippen molar-refractivity contribution in [2.45, 2.75) is 44.2 Å². The lowest BCUT2D eigenvalue weighted by Gasteiger charge is -2.38. The first-order valence-corrected chi connectivity index (χ1v) is 10.5. The predicted octanol–water partition coefficient (Wildman–Crippen LogP) is 2.39. The largest absolute Gasteiger partial charge is 0.371 e. The summed E-state index contributed by atoms with van der Waals surface area (Å²) in [7, 11) is 3.28.